The van der Waals surface area contributed by atoms with Crippen molar-refractivity contribution in [1.82, 2.24) is 10.2 Å². The molecule has 0 aliphatic carbocycles. The highest BCUT2D eigenvalue weighted by Gasteiger charge is 2.21. The van der Waals surface area contributed by atoms with Crippen molar-refractivity contribution in [3.8, 4) is 0 Å². The van der Waals surface area contributed by atoms with Gasteiger partial charge in [-0.15, -0.1) is 0 Å². The molecular formula is C21H28N2O. The van der Waals surface area contributed by atoms with E-state index in [1.54, 1.807) is 0 Å². The predicted molar refractivity (Wildman–Crippen MR) is 99.7 cm³/mol. The molecule has 1 amide bonds. The van der Waals surface area contributed by atoms with Gasteiger partial charge in [0.05, 0.1) is 6.04 Å². The van der Waals surface area contributed by atoms with E-state index in [0.717, 1.165) is 5.56 Å². The first-order chi connectivity index (χ1) is 11.5. The first kappa shape index (κ1) is 18.2. The molecule has 0 saturated carbocycles. The van der Waals surface area contributed by atoms with Gasteiger partial charge in [0.25, 0.3) is 0 Å². The maximum absolute atomic E-state index is 12.8. The molecule has 0 aliphatic heterocycles. The van der Waals surface area contributed by atoms with Crippen LogP contribution in [0.1, 0.15) is 43.5 Å². The number of likely N-dealkylation sites (N-methyl/N-ethyl adjacent to an activating group) is 1. The van der Waals surface area contributed by atoms with Crippen molar-refractivity contribution >= 4 is 5.91 Å². The van der Waals surface area contributed by atoms with E-state index in [1.807, 2.05) is 49.1 Å². The Labute approximate surface area is 145 Å². The predicted octanol–water partition coefficient (Wildman–Crippen LogP) is 4.08. The molecule has 0 saturated heterocycles. The first-order valence-electron chi connectivity index (χ1n) is 8.67. The number of amides is 1. The average molecular weight is 324 g/mol. The number of hydrogen-bond donors (Lipinski definition) is 1. The van der Waals surface area contributed by atoms with Gasteiger partial charge in [-0.3, -0.25) is 10.1 Å². The smallest absolute Gasteiger partial charge is 0.239 e. The van der Waals surface area contributed by atoms with E-state index in [2.05, 4.69) is 43.4 Å². The van der Waals surface area contributed by atoms with Crippen molar-refractivity contribution in [2.75, 3.05) is 6.54 Å². The van der Waals surface area contributed by atoms with Crippen LogP contribution in [0.2, 0.25) is 0 Å². The van der Waals surface area contributed by atoms with Crippen LogP contribution in [-0.4, -0.2) is 23.4 Å². The minimum Gasteiger partial charge on any atom is -0.337 e. The zero-order valence-electron chi connectivity index (χ0n) is 15.1. The molecule has 1 N–H and O–H groups in total. The highest BCUT2D eigenvalue weighted by molar-refractivity contribution is 5.81. The van der Waals surface area contributed by atoms with Crippen molar-refractivity contribution in [1.29, 1.82) is 0 Å². The first-order valence-corrected chi connectivity index (χ1v) is 8.67. The number of nitrogens with one attached hydrogen (secondary N) is 1. The maximum Gasteiger partial charge on any atom is 0.239 e. The molecule has 2 rings (SSSR count). The second-order valence-corrected chi connectivity index (χ2v) is 6.30. The lowest BCUT2D eigenvalue weighted by Gasteiger charge is -2.27. The minimum atomic E-state index is -0.219. The van der Waals surface area contributed by atoms with E-state index in [4.69, 9.17) is 0 Å². The molecule has 0 aromatic heterocycles. The fraction of sp³-hybridized carbons (Fsp3) is 0.381. The summed E-state index contributed by atoms with van der Waals surface area (Å²) in [5, 5.41) is 3.45. The molecule has 0 fully saturated rings. The van der Waals surface area contributed by atoms with Crippen molar-refractivity contribution in [2.24, 2.45) is 0 Å². The van der Waals surface area contributed by atoms with Crippen molar-refractivity contribution in [3.05, 3.63) is 71.3 Å². The van der Waals surface area contributed by atoms with Crippen LogP contribution < -0.4 is 5.32 Å². The summed E-state index contributed by atoms with van der Waals surface area (Å²) in [7, 11) is 0. The summed E-state index contributed by atoms with van der Waals surface area (Å²) in [6.45, 7) is 9.55. The Morgan fingerprint density at radius 2 is 1.67 bits per heavy atom. The Kier molecular flexibility index (Phi) is 6.56. The third-order valence-electron chi connectivity index (χ3n) is 4.44. The van der Waals surface area contributed by atoms with Gasteiger partial charge in [0.1, 0.15) is 0 Å². The maximum atomic E-state index is 12.8. The topological polar surface area (TPSA) is 32.3 Å². The van der Waals surface area contributed by atoms with Gasteiger partial charge in [-0.25, -0.2) is 0 Å². The Balaban J connectivity index is 2.00. The van der Waals surface area contributed by atoms with E-state index in [9.17, 15) is 4.79 Å². The third kappa shape index (κ3) is 4.68. The molecule has 0 radical (unpaired) electrons. The van der Waals surface area contributed by atoms with Gasteiger partial charge in [0.2, 0.25) is 5.91 Å². The van der Waals surface area contributed by atoms with Gasteiger partial charge >= 0.3 is 0 Å². The number of benzene rings is 2. The Bertz CT molecular complexity index is 654. The van der Waals surface area contributed by atoms with E-state index < -0.39 is 0 Å². The largest absolute Gasteiger partial charge is 0.337 e. The molecule has 128 valence electrons. The van der Waals surface area contributed by atoms with Crippen LogP contribution in [0.25, 0.3) is 0 Å². The highest BCUT2D eigenvalue weighted by Crippen LogP contribution is 2.17. The Morgan fingerprint density at radius 1 is 1.04 bits per heavy atom. The molecule has 3 heteroatoms. The molecule has 0 heterocycles. The van der Waals surface area contributed by atoms with Crippen molar-refractivity contribution < 1.29 is 4.79 Å². The van der Waals surface area contributed by atoms with Crippen LogP contribution in [-0.2, 0) is 11.3 Å². The average Bonchev–Trinajstić information content (AvgIpc) is 2.60. The van der Waals surface area contributed by atoms with Gasteiger partial charge < -0.3 is 4.90 Å². The number of aryl methyl sites for hydroxylation is 1. The van der Waals surface area contributed by atoms with Crippen LogP contribution in [0.4, 0.5) is 0 Å². The summed E-state index contributed by atoms with van der Waals surface area (Å²) < 4.78 is 0. The Hall–Kier alpha value is -2.13. The van der Waals surface area contributed by atoms with Crippen molar-refractivity contribution in [3.63, 3.8) is 0 Å². The monoisotopic (exact) mass is 324 g/mol. The molecule has 2 aromatic rings. The summed E-state index contributed by atoms with van der Waals surface area (Å²) in [5.74, 6) is 0.141. The summed E-state index contributed by atoms with van der Waals surface area (Å²) in [5.41, 5.74) is 3.64. The zero-order valence-corrected chi connectivity index (χ0v) is 15.1. The molecule has 2 atom stereocenters. The number of carbonyl (C=O) groups is 1. The van der Waals surface area contributed by atoms with Crippen LogP contribution in [0, 0.1) is 6.92 Å². The number of rotatable bonds is 7. The second-order valence-electron chi connectivity index (χ2n) is 6.30. The quantitative estimate of drug-likeness (QED) is 0.832. The molecule has 2 aromatic carbocycles. The van der Waals surface area contributed by atoms with Crippen LogP contribution in [0.5, 0.6) is 0 Å². The van der Waals surface area contributed by atoms with Gasteiger partial charge in [0, 0.05) is 19.1 Å². The lowest BCUT2D eigenvalue weighted by molar-refractivity contribution is -0.133. The number of nitrogens with zero attached hydrogens (tertiary/aromatic N) is 1. The summed E-state index contributed by atoms with van der Waals surface area (Å²) in [6.07, 6.45) is 0. The fourth-order valence-electron chi connectivity index (χ4n) is 3.03. The summed E-state index contributed by atoms with van der Waals surface area (Å²) in [6, 6.07) is 18.4. The van der Waals surface area contributed by atoms with Gasteiger partial charge in [-0.2, -0.15) is 0 Å². The van der Waals surface area contributed by atoms with E-state index in [-0.39, 0.29) is 18.0 Å². The van der Waals surface area contributed by atoms with E-state index in [0.29, 0.717) is 13.1 Å². The Morgan fingerprint density at radius 3 is 2.29 bits per heavy atom. The second kappa shape index (κ2) is 8.65. The molecule has 24 heavy (non-hydrogen) atoms. The normalized spacial score (nSPS) is 13.3. The third-order valence-corrected chi connectivity index (χ3v) is 4.44. The zero-order chi connectivity index (χ0) is 17.5. The minimum absolute atomic E-state index is 0.139. The fourth-order valence-corrected chi connectivity index (χ4v) is 3.03. The molecule has 2 unspecified atom stereocenters. The molecular weight excluding hydrogens is 296 g/mol. The van der Waals surface area contributed by atoms with E-state index in [1.165, 1.54) is 11.1 Å². The lowest BCUT2D eigenvalue weighted by atomic mass is 10.0. The standard InChI is InChI=1S/C21H28N2O/c1-5-23(15-19-12-7-6-8-13-19)21(24)18(4)22-17(3)20-14-10-9-11-16(20)2/h6-14,17-18,22H,5,15H2,1-4H3. The van der Waals surface area contributed by atoms with Gasteiger partial charge in [0.15, 0.2) is 0 Å². The van der Waals surface area contributed by atoms with E-state index >= 15 is 0 Å². The molecule has 3 nitrogen and oxygen atoms in total. The van der Waals surface area contributed by atoms with Crippen molar-refractivity contribution in [2.45, 2.75) is 46.3 Å². The number of hydrogen-bond acceptors (Lipinski definition) is 2. The summed E-state index contributed by atoms with van der Waals surface area (Å²) >= 11 is 0. The highest BCUT2D eigenvalue weighted by atomic mass is 16.2. The van der Waals surface area contributed by atoms with Gasteiger partial charge in [-0.05, 0) is 44.4 Å². The van der Waals surface area contributed by atoms with Crippen LogP contribution in [0.15, 0.2) is 54.6 Å². The SMILES string of the molecule is CCN(Cc1ccccc1)C(=O)C(C)NC(C)c1ccccc1C. The number of carbonyl (C=O) groups excluding carboxylic acids is 1. The van der Waals surface area contributed by atoms with Crippen LogP contribution >= 0.6 is 0 Å². The molecule has 0 aliphatic rings. The summed E-state index contributed by atoms with van der Waals surface area (Å²) in [4.78, 5) is 14.7. The molecule has 0 bridgehead atoms. The lowest BCUT2D eigenvalue weighted by Crippen LogP contribution is -2.45. The molecule has 0 spiro atoms. The van der Waals surface area contributed by atoms with Crippen LogP contribution in [0.3, 0.4) is 0 Å². The van der Waals surface area contributed by atoms with Gasteiger partial charge in [-0.1, -0.05) is 54.6 Å².